The zero-order chi connectivity index (χ0) is 12.8. The molecule has 18 heavy (non-hydrogen) atoms. The second-order valence-electron chi connectivity index (χ2n) is 5.51. The quantitative estimate of drug-likeness (QED) is 0.881. The van der Waals surface area contributed by atoms with Gasteiger partial charge in [0, 0.05) is 41.1 Å². The maximum Gasteiger partial charge on any atom is 0.0481 e. The molecular weight excluding hydrogens is 244 g/mol. The summed E-state index contributed by atoms with van der Waals surface area (Å²) in [5.41, 5.74) is 8.90. The lowest BCUT2D eigenvalue weighted by molar-refractivity contribution is 0.456. The van der Waals surface area contributed by atoms with Gasteiger partial charge in [-0.15, -0.1) is 0 Å². The topological polar surface area (TPSA) is 30.9 Å². The number of rotatable bonds is 2. The molecule has 2 nitrogen and oxygen atoms in total. The third-order valence-corrected chi connectivity index (χ3v) is 4.71. The van der Waals surface area contributed by atoms with Crippen molar-refractivity contribution in [1.29, 1.82) is 0 Å². The van der Waals surface area contributed by atoms with E-state index in [1.807, 2.05) is 6.07 Å². The highest BCUT2D eigenvalue weighted by molar-refractivity contribution is 6.31. The number of hydrogen-bond acceptors (Lipinski definition) is 1. The summed E-state index contributed by atoms with van der Waals surface area (Å²) in [5, 5.41) is 2.08. The molecule has 0 unspecified atom stereocenters. The molecule has 2 aromatic rings. The number of benzene rings is 1. The van der Waals surface area contributed by atoms with Gasteiger partial charge < -0.3 is 10.3 Å². The summed E-state index contributed by atoms with van der Waals surface area (Å²) < 4.78 is 2.19. The first-order chi connectivity index (χ1) is 8.66. The van der Waals surface area contributed by atoms with Gasteiger partial charge in [-0.05, 0) is 36.6 Å². The number of nitrogens with two attached hydrogens (primary N) is 1. The summed E-state index contributed by atoms with van der Waals surface area (Å²) in [6, 6.07) is 6.14. The number of hydrogen-bond donors (Lipinski definition) is 1. The van der Waals surface area contributed by atoms with Crippen LogP contribution in [0.1, 0.15) is 31.2 Å². The molecule has 1 aliphatic carbocycles. The van der Waals surface area contributed by atoms with Gasteiger partial charge in [-0.2, -0.15) is 0 Å². The summed E-state index contributed by atoms with van der Waals surface area (Å²) in [6.07, 6.45) is 7.23. The molecule has 0 spiro atoms. The Labute approximate surface area is 113 Å². The molecule has 0 bridgehead atoms. The smallest absolute Gasteiger partial charge is 0.0481 e. The van der Waals surface area contributed by atoms with E-state index < -0.39 is 0 Å². The van der Waals surface area contributed by atoms with Gasteiger partial charge in [0.05, 0.1) is 0 Å². The van der Waals surface area contributed by atoms with E-state index in [1.165, 1.54) is 42.1 Å². The highest BCUT2D eigenvalue weighted by Crippen LogP contribution is 2.43. The molecule has 0 aliphatic heterocycles. The molecule has 96 valence electrons. The van der Waals surface area contributed by atoms with E-state index in [0.29, 0.717) is 0 Å². The SMILES string of the molecule is Cn1cc(C2(CN)CCCC2)c2cc(Cl)ccc21. The average Bonchev–Trinajstić information content (AvgIpc) is 2.95. The summed E-state index contributed by atoms with van der Waals surface area (Å²) in [5.74, 6) is 0. The molecule has 0 saturated heterocycles. The van der Waals surface area contributed by atoms with Gasteiger partial charge in [-0.25, -0.2) is 0 Å². The second kappa shape index (κ2) is 4.29. The van der Waals surface area contributed by atoms with Crippen molar-refractivity contribution in [3.05, 3.63) is 35.0 Å². The first-order valence-corrected chi connectivity index (χ1v) is 6.99. The van der Waals surface area contributed by atoms with Crippen molar-refractivity contribution in [3.8, 4) is 0 Å². The number of halogens is 1. The molecule has 1 heterocycles. The molecule has 1 aromatic carbocycles. The predicted molar refractivity (Wildman–Crippen MR) is 77.1 cm³/mol. The molecule has 3 heteroatoms. The average molecular weight is 263 g/mol. The fourth-order valence-corrected chi connectivity index (χ4v) is 3.59. The van der Waals surface area contributed by atoms with E-state index in [1.54, 1.807) is 0 Å². The number of aryl methyl sites for hydroxylation is 1. The highest BCUT2D eigenvalue weighted by atomic mass is 35.5. The lowest BCUT2D eigenvalue weighted by Crippen LogP contribution is -2.31. The first kappa shape index (κ1) is 12.1. The van der Waals surface area contributed by atoms with Gasteiger partial charge in [0.2, 0.25) is 0 Å². The van der Waals surface area contributed by atoms with Crippen LogP contribution in [0.5, 0.6) is 0 Å². The van der Waals surface area contributed by atoms with Crippen LogP contribution in [0, 0.1) is 0 Å². The van der Waals surface area contributed by atoms with E-state index in [4.69, 9.17) is 17.3 Å². The third kappa shape index (κ3) is 1.67. The molecule has 1 aromatic heterocycles. The number of fused-ring (bicyclic) bond motifs is 1. The normalized spacial score (nSPS) is 18.6. The molecule has 1 fully saturated rings. The van der Waals surface area contributed by atoms with Crippen LogP contribution in [-0.4, -0.2) is 11.1 Å². The van der Waals surface area contributed by atoms with Gasteiger partial charge in [-0.3, -0.25) is 0 Å². The van der Waals surface area contributed by atoms with Crippen LogP contribution in [0.3, 0.4) is 0 Å². The van der Waals surface area contributed by atoms with Gasteiger partial charge in [0.15, 0.2) is 0 Å². The van der Waals surface area contributed by atoms with E-state index in [9.17, 15) is 0 Å². The van der Waals surface area contributed by atoms with Gasteiger partial charge in [0.1, 0.15) is 0 Å². The Bertz CT molecular complexity index is 579. The van der Waals surface area contributed by atoms with E-state index in [-0.39, 0.29) is 5.41 Å². The summed E-state index contributed by atoms with van der Waals surface area (Å²) in [6.45, 7) is 0.735. The van der Waals surface area contributed by atoms with Gasteiger partial charge in [-0.1, -0.05) is 24.4 Å². The molecule has 0 amide bonds. The summed E-state index contributed by atoms with van der Waals surface area (Å²) >= 11 is 6.15. The van der Waals surface area contributed by atoms with Gasteiger partial charge in [0.25, 0.3) is 0 Å². The van der Waals surface area contributed by atoms with E-state index in [0.717, 1.165) is 11.6 Å². The minimum Gasteiger partial charge on any atom is -0.350 e. The largest absolute Gasteiger partial charge is 0.350 e. The fourth-order valence-electron chi connectivity index (χ4n) is 3.42. The minimum atomic E-state index is 0.171. The van der Waals surface area contributed by atoms with E-state index >= 15 is 0 Å². The Balaban J connectivity index is 2.25. The zero-order valence-corrected chi connectivity index (χ0v) is 11.5. The fraction of sp³-hybridized carbons (Fsp3) is 0.467. The Kier molecular flexibility index (Phi) is 2.87. The maximum atomic E-state index is 6.15. The Morgan fingerprint density at radius 2 is 2.06 bits per heavy atom. The Morgan fingerprint density at radius 1 is 1.33 bits per heavy atom. The van der Waals surface area contributed by atoms with Crippen molar-refractivity contribution in [1.82, 2.24) is 4.57 Å². The standard InChI is InChI=1S/C15H19ClN2/c1-18-9-13(15(10-17)6-2-3-7-15)12-8-11(16)4-5-14(12)18/h4-5,8-9H,2-3,6-7,10,17H2,1H3. The molecule has 3 rings (SSSR count). The second-order valence-corrected chi connectivity index (χ2v) is 5.94. The van der Waals surface area contributed by atoms with Crippen LogP contribution in [0.4, 0.5) is 0 Å². The molecule has 1 aliphatic rings. The van der Waals surface area contributed by atoms with Crippen molar-refractivity contribution in [2.45, 2.75) is 31.1 Å². The molecule has 2 N–H and O–H groups in total. The maximum absolute atomic E-state index is 6.15. The van der Waals surface area contributed by atoms with Gasteiger partial charge >= 0.3 is 0 Å². The number of aromatic nitrogens is 1. The van der Waals surface area contributed by atoms with Crippen LogP contribution in [0.2, 0.25) is 5.02 Å². The molecule has 0 radical (unpaired) electrons. The zero-order valence-electron chi connectivity index (χ0n) is 10.7. The van der Waals surface area contributed by atoms with Crippen LogP contribution in [0.15, 0.2) is 24.4 Å². The first-order valence-electron chi connectivity index (χ1n) is 6.61. The van der Waals surface area contributed by atoms with Crippen LogP contribution in [-0.2, 0) is 12.5 Å². The van der Waals surface area contributed by atoms with Crippen molar-refractivity contribution in [2.24, 2.45) is 12.8 Å². The third-order valence-electron chi connectivity index (χ3n) is 4.47. The van der Waals surface area contributed by atoms with Crippen molar-refractivity contribution in [3.63, 3.8) is 0 Å². The van der Waals surface area contributed by atoms with Crippen molar-refractivity contribution in [2.75, 3.05) is 6.54 Å². The Hall–Kier alpha value is -0.990. The predicted octanol–water partition coefficient (Wildman–Crippen LogP) is 3.60. The lowest BCUT2D eigenvalue weighted by atomic mass is 9.79. The van der Waals surface area contributed by atoms with Crippen LogP contribution >= 0.6 is 11.6 Å². The monoisotopic (exact) mass is 262 g/mol. The Morgan fingerprint density at radius 3 is 2.72 bits per heavy atom. The van der Waals surface area contributed by atoms with Crippen LogP contribution < -0.4 is 5.73 Å². The molecule has 1 saturated carbocycles. The number of nitrogens with zero attached hydrogens (tertiary/aromatic N) is 1. The summed E-state index contributed by atoms with van der Waals surface area (Å²) in [7, 11) is 2.10. The van der Waals surface area contributed by atoms with Crippen LogP contribution in [0.25, 0.3) is 10.9 Å². The minimum absolute atomic E-state index is 0.171. The molecular formula is C15H19ClN2. The van der Waals surface area contributed by atoms with Crippen molar-refractivity contribution < 1.29 is 0 Å². The highest BCUT2D eigenvalue weighted by Gasteiger charge is 2.36. The molecule has 0 atom stereocenters. The lowest BCUT2D eigenvalue weighted by Gasteiger charge is -2.27. The summed E-state index contributed by atoms with van der Waals surface area (Å²) in [4.78, 5) is 0. The van der Waals surface area contributed by atoms with Crippen molar-refractivity contribution >= 4 is 22.5 Å². The van der Waals surface area contributed by atoms with E-state index in [2.05, 4.69) is 29.9 Å².